The maximum atomic E-state index is 11.8. The molecule has 0 aliphatic carbocycles. The summed E-state index contributed by atoms with van der Waals surface area (Å²) in [5.41, 5.74) is 2.24. The summed E-state index contributed by atoms with van der Waals surface area (Å²) >= 11 is 6.56. The average molecular weight is 384 g/mol. The van der Waals surface area contributed by atoms with Gasteiger partial charge < -0.3 is 9.84 Å². The quantitative estimate of drug-likeness (QED) is 0.751. The van der Waals surface area contributed by atoms with Crippen LogP contribution in [-0.2, 0) is 4.74 Å². The molecule has 1 aliphatic heterocycles. The van der Waals surface area contributed by atoms with Crippen molar-refractivity contribution in [3.05, 3.63) is 62.0 Å². The van der Waals surface area contributed by atoms with Gasteiger partial charge in [-0.1, -0.05) is 18.2 Å². The van der Waals surface area contributed by atoms with Crippen LogP contribution >= 0.6 is 31.9 Å². The van der Waals surface area contributed by atoms with Crippen LogP contribution in [0, 0.1) is 0 Å². The standard InChI is InChI=1S/C14H8Br2O3/c15-10-5-7(6-11(16)12(10)17)13-8-3-1-2-4-9(8)14(18)19-13/h1-6,13,17H/t13-/m1/s1. The minimum Gasteiger partial charge on any atom is -0.506 e. The minimum atomic E-state index is -0.433. The first-order valence-electron chi connectivity index (χ1n) is 5.55. The first-order chi connectivity index (χ1) is 9.08. The average Bonchev–Trinajstić information content (AvgIpc) is 2.74. The van der Waals surface area contributed by atoms with Gasteiger partial charge in [-0.15, -0.1) is 0 Å². The van der Waals surface area contributed by atoms with Crippen molar-refractivity contribution in [3.63, 3.8) is 0 Å². The Balaban J connectivity index is 2.12. The number of esters is 1. The summed E-state index contributed by atoms with van der Waals surface area (Å²) in [7, 11) is 0. The molecule has 2 aromatic carbocycles. The van der Waals surface area contributed by atoms with E-state index in [-0.39, 0.29) is 11.7 Å². The molecule has 0 radical (unpaired) electrons. The Morgan fingerprint density at radius 1 is 1.11 bits per heavy atom. The van der Waals surface area contributed by atoms with Crippen molar-refractivity contribution in [1.29, 1.82) is 0 Å². The van der Waals surface area contributed by atoms with E-state index in [1.807, 2.05) is 18.2 Å². The van der Waals surface area contributed by atoms with E-state index < -0.39 is 6.10 Å². The first-order valence-corrected chi connectivity index (χ1v) is 7.14. The molecule has 0 unspecified atom stereocenters. The Kier molecular flexibility index (Phi) is 3.11. The highest BCUT2D eigenvalue weighted by atomic mass is 79.9. The van der Waals surface area contributed by atoms with Crippen LogP contribution < -0.4 is 0 Å². The molecule has 1 atom stereocenters. The van der Waals surface area contributed by atoms with Gasteiger partial charge in [0.1, 0.15) is 5.75 Å². The van der Waals surface area contributed by atoms with Crippen molar-refractivity contribution in [2.75, 3.05) is 0 Å². The highest BCUT2D eigenvalue weighted by Gasteiger charge is 2.32. The number of ether oxygens (including phenoxy) is 1. The van der Waals surface area contributed by atoms with Gasteiger partial charge in [-0.25, -0.2) is 4.79 Å². The number of carbonyl (C=O) groups is 1. The number of hydrogen-bond acceptors (Lipinski definition) is 3. The summed E-state index contributed by atoms with van der Waals surface area (Å²) in [6, 6.07) is 10.8. The Morgan fingerprint density at radius 2 is 1.74 bits per heavy atom. The topological polar surface area (TPSA) is 46.5 Å². The molecule has 0 fully saturated rings. The zero-order valence-corrected chi connectivity index (χ0v) is 12.7. The van der Waals surface area contributed by atoms with Gasteiger partial charge in [0.05, 0.1) is 14.5 Å². The van der Waals surface area contributed by atoms with E-state index in [0.717, 1.165) is 11.1 Å². The van der Waals surface area contributed by atoms with Crippen LogP contribution in [0.1, 0.15) is 27.6 Å². The number of hydrogen-bond donors (Lipinski definition) is 1. The van der Waals surface area contributed by atoms with Crippen molar-refractivity contribution in [2.24, 2.45) is 0 Å². The van der Waals surface area contributed by atoms with Crippen LogP contribution in [0.25, 0.3) is 0 Å². The van der Waals surface area contributed by atoms with Gasteiger partial charge in [-0.2, -0.15) is 0 Å². The molecule has 2 aromatic rings. The van der Waals surface area contributed by atoms with Crippen LogP contribution in [-0.4, -0.2) is 11.1 Å². The zero-order chi connectivity index (χ0) is 13.6. The maximum Gasteiger partial charge on any atom is 0.339 e. The predicted octanol–water partition coefficient (Wildman–Crippen LogP) is 4.18. The van der Waals surface area contributed by atoms with E-state index in [4.69, 9.17) is 4.74 Å². The van der Waals surface area contributed by atoms with Crippen molar-refractivity contribution in [2.45, 2.75) is 6.10 Å². The fourth-order valence-electron chi connectivity index (χ4n) is 2.13. The van der Waals surface area contributed by atoms with Crippen molar-refractivity contribution >= 4 is 37.8 Å². The summed E-state index contributed by atoms with van der Waals surface area (Å²) in [4.78, 5) is 11.8. The molecule has 0 bridgehead atoms. The number of fused-ring (bicyclic) bond motifs is 1. The van der Waals surface area contributed by atoms with Crippen molar-refractivity contribution in [3.8, 4) is 5.75 Å². The minimum absolute atomic E-state index is 0.126. The van der Waals surface area contributed by atoms with E-state index in [1.165, 1.54) is 0 Å². The second-order valence-electron chi connectivity index (χ2n) is 4.21. The molecule has 0 spiro atoms. The lowest BCUT2D eigenvalue weighted by atomic mass is 9.99. The van der Waals surface area contributed by atoms with Gasteiger partial charge in [0, 0.05) is 5.56 Å². The maximum absolute atomic E-state index is 11.8. The van der Waals surface area contributed by atoms with E-state index >= 15 is 0 Å². The lowest BCUT2D eigenvalue weighted by molar-refractivity contribution is 0.0455. The van der Waals surface area contributed by atoms with Crippen LogP contribution in [0.2, 0.25) is 0 Å². The number of carbonyl (C=O) groups excluding carboxylic acids is 1. The summed E-state index contributed by atoms with van der Waals surface area (Å²) in [6.45, 7) is 0. The number of phenols is 1. The smallest absolute Gasteiger partial charge is 0.339 e. The lowest BCUT2D eigenvalue weighted by Crippen LogP contribution is -2.01. The third-order valence-corrected chi connectivity index (χ3v) is 4.24. The van der Waals surface area contributed by atoms with Gasteiger partial charge in [-0.3, -0.25) is 0 Å². The molecule has 1 aliphatic rings. The number of benzene rings is 2. The molecular formula is C14H8Br2O3. The number of rotatable bonds is 1. The molecule has 0 saturated heterocycles. The number of cyclic esters (lactones) is 1. The van der Waals surface area contributed by atoms with Gasteiger partial charge in [0.25, 0.3) is 0 Å². The molecular weight excluding hydrogens is 376 g/mol. The molecule has 3 nitrogen and oxygen atoms in total. The van der Waals surface area contributed by atoms with Crippen molar-refractivity contribution in [1.82, 2.24) is 0 Å². The second-order valence-corrected chi connectivity index (χ2v) is 5.91. The normalized spacial score (nSPS) is 17.2. The first kappa shape index (κ1) is 12.7. The van der Waals surface area contributed by atoms with E-state index in [2.05, 4.69) is 31.9 Å². The highest BCUT2D eigenvalue weighted by Crippen LogP contribution is 2.41. The SMILES string of the molecule is O=C1O[C@H](c2cc(Br)c(O)c(Br)c2)c2ccccc21. The number of aromatic hydroxyl groups is 1. The Morgan fingerprint density at radius 3 is 2.42 bits per heavy atom. The third kappa shape index (κ3) is 2.07. The molecule has 5 heteroatoms. The molecule has 1 heterocycles. The monoisotopic (exact) mass is 382 g/mol. The molecule has 0 aromatic heterocycles. The molecule has 0 amide bonds. The summed E-state index contributed by atoms with van der Waals surface area (Å²) in [5, 5.41) is 9.72. The van der Waals surface area contributed by atoms with Gasteiger partial charge in [-0.05, 0) is 55.6 Å². The summed E-state index contributed by atoms with van der Waals surface area (Å²) in [6.07, 6.45) is -0.433. The molecule has 0 saturated carbocycles. The van der Waals surface area contributed by atoms with E-state index in [9.17, 15) is 9.90 Å². The lowest BCUT2D eigenvalue weighted by Gasteiger charge is -2.13. The van der Waals surface area contributed by atoms with Gasteiger partial charge in [0.15, 0.2) is 6.10 Å². The van der Waals surface area contributed by atoms with Crippen LogP contribution in [0.4, 0.5) is 0 Å². The largest absolute Gasteiger partial charge is 0.506 e. The van der Waals surface area contributed by atoms with E-state index in [0.29, 0.717) is 14.5 Å². The van der Waals surface area contributed by atoms with Gasteiger partial charge >= 0.3 is 5.97 Å². The Labute approximate surface area is 126 Å². The summed E-state index contributed by atoms with van der Waals surface area (Å²) in [5.74, 6) is -0.192. The van der Waals surface area contributed by atoms with Crippen LogP contribution in [0.3, 0.4) is 0 Å². The molecule has 19 heavy (non-hydrogen) atoms. The van der Waals surface area contributed by atoms with Crippen LogP contribution in [0.15, 0.2) is 45.3 Å². The Bertz CT molecular complexity index is 659. The second kappa shape index (κ2) is 4.65. The molecule has 96 valence electrons. The van der Waals surface area contributed by atoms with E-state index in [1.54, 1.807) is 18.2 Å². The predicted molar refractivity (Wildman–Crippen MR) is 77.2 cm³/mol. The fraction of sp³-hybridized carbons (Fsp3) is 0.0714. The molecule has 1 N–H and O–H groups in total. The summed E-state index contributed by atoms with van der Waals surface area (Å²) < 4.78 is 6.51. The number of phenolic OH excluding ortho intramolecular Hbond substituents is 1. The van der Waals surface area contributed by atoms with Crippen LogP contribution in [0.5, 0.6) is 5.75 Å². The Hall–Kier alpha value is -1.33. The zero-order valence-electron chi connectivity index (χ0n) is 9.56. The third-order valence-electron chi connectivity index (χ3n) is 3.03. The number of halogens is 2. The highest BCUT2D eigenvalue weighted by molar-refractivity contribution is 9.11. The molecule has 3 rings (SSSR count). The fourth-order valence-corrected chi connectivity index (χ4v) is 3.35. The van der Waals surface area contributed by atoms with Crippen molar-refractivity contribution < 1.29 is 14.6 Å². The van der Waals surface area contributed by atoms with Gasteiger partial charge in [0.2, 0.25) is 0 Å².